The van der Waals surface area contributed by atoms with Crippen molar-refractivity contribution in [3.8, 4) is 5.75 Å². The molecule has 1 amide bonds. The molecule has 0 aromatic heterocycles. The molecule has 132 valence electrons. The summed E-state index contributed by atoms with van der Waals surface area (Å²) in [7, 11) is 1.37. The zero-order chi connectivity index (χ0) is 17.7. The van der Waals surface area contributed by atoms with E-state index >= 15 is 0 Å². The molecule has 3 atom stereocenters. The molecule has 1 fully saturated rings. The van der Waals surface area contributed by atoms with Gasteiger partial charge in [0.2, 0.25) is 0 Å². The summed E-state index contributed by atoms with van der Waals surface area (Å²) < 4.78 is 18.5. The zero-order valence-electron chi connectivity index (χ0n) is 14.2. The number of hydrogen-bond acceptors (Lipinski definition) is 3. The van der Waals surface area contributed by atoms with Crippen LogP contribution in [0, 0.1) is 17.7 Å². The molecule has 0 bridgehead atoms. The normalized spacial score (nSPS) is 23.2. The maximum atomic E-state index is 13.6. The van der Waals surface area contributed by atoms with Crippen LogP contribution in [0.2, 0.25) is 0 Å². The summed E-state index contributed by atoms with van der Waals surface area (Å²) in [4.78, 5) is 12.0. The standard InChI is InChI=1S/C17H24FN3O2S/c1-10-5-4-6-14(11(10)2)19-17(24)21-20-16(22)12-7-8-15(23-3)13(18)9-12/h7-11,14H,4-6H2,1-3H3,(H,20,22)(H2,19,21,24)/t10-,11+,14-/m0/s1. The predicted molar refractivity (Wildman–Crippen MR) is 95.3 cm³/mol. The van der Waals surface area contributed by atoms with E-state index in [-0.39, 0.29) is 11.3 Å². The van der Waals surface area contributed by atoms with E-state index in [0.717, 1.165) is 12.5 Å². The van der Waals surface area contributed by atoms with Crippen molar-refractivity contribution in [3.63, 3.8) is 0 Å². The number of carbonyl (C=O) groups excluding carboxylic acids is 1. The second kappa shape index (κ2) is 8.28. The van der Waals surface area contributed by atoms with Gasteiger partial charge in [-0.2, -0.15) is 0 Å². The smallest absolute Gasteiger partial charge is 0.269 e. The molecule has 0 heterocycles. The average Bonchev–Trinajstić information content (AvgIpc) is 2.56. The first-order chi connectivity index (χ1) is 11.4. The summed E-state index contributed by atoms with van der Waals surface area (Å²) >= 11 is 5.23. The van der Waals surface area contributed by atoms with Crippen molar-refractivity contribution in [2.24, 2.45) is 11.8 Å². The largest absolute Gasteiger partial charge is 0.494 e. The third kappa shape index (κ3) is 4.56. The quantitative estimate of drug-likeness (QED) is 0.576. The number of thiocarbonyl (C=S) groups is 1. The van der Waals surface area contributed by atoms with Crippen LogP contribution in [0.4, 0.5) is 4.39 Å². The van der Waals surface area contributed by atoms with Gasteiger partial charge in [0, 0.05) is 11.6 Å². The molecular weight excluding hydrogens is 329 g/mol. The first kappa shape index (κ1) is 18.4. The lowest BCUT2D eigenvalue weighted by molar-refractivity contribution is 0.0942. The van der Waals surface area contributed by atoms with Gasteiger partial charge in [-0.3, -0.25) is 15.6 Å². The predicted octanol–water partition coefficient (Wildman–Crippen LogP) is 2.77. The van der Waals surface area contributed by atoms with Gasteiger partial charge < -0.3 is 10.1 Å². The van der Waals surface area contributed by atoms with Gasteiger partial charge in [-0.25, -0.2) is 4.39 Å². The first-order valence-electron chi connectivity index (χ1n) is 8.12. The summed E-state index contributed by atoms with van der Waals surface area (Å²) in [5.41, 5.74) is 5.34. The van der Waals surface area contributed by atoms with Crippen LogP contribution in [0.25, 0.3) is 0 Å². The molecule has 2 rings (SSSR count). The molecule has 24 heavy (non-hydrogen) atoms. The monoisotopic (exact) mass is 353 g/mol. The van der Waals surface area contributed by atoms with Gasteiger partial charge in [0.1, 0.15) is 0 Å². The Hall–Kier alpha value is -1.89. The van der Waals surface area contributed by atoms with Gasteiger partial charge in [0.25, 0.3) is 5.91 Å². The Labute approximate surface area is 147 Å². The Morgan fingerprint density at radius 2 is 2.04 bits per heavy atom. The van der Waals surface area contributed by atoms with Crippen molar-refractivity contribution in [1.29, 1.82) is 0 Å². The minimum Gasteiger partial charge on any atom is -0.494 e. The number of rotatable bonds is 3. The fourth-order valence-corrected chi connectivity index (χ4v) is 3.19. The van der Waals surface area contributed by atoms with Crippen molar-refractivity contribution in [2.75, 3.05) is 7.11 Å². The molecule has 0 unspecified atom stereocenters. The second-order valence-corrected chi connectivity index (χ2v) is 6.68. The molecule has 1 aromatic carbocycles. The summed E-state index contributed by atoms with van der Waals surface area (Å²) in [6.45, 7) is 4.46. The second-order valence-electron chi connectivity index (χ2n) is 6.28. The number of hydrogen-bond donors (Lipinski definition) is 3. The molecule has 1 aromatic rings. The SMILES string of the molecule is COc1ccc(C(=O)NNC(=S)N[C@H]2CCC[C@H](C)[C@H]2C)cc1F. The van der Waals surface area contributed by atoms with Crippen LogP contribution in [0.15, 0.2) is 18.2 Å². The minimum atomic E-state index is -0.587. The topological polar surface area (TPSA) is 62.4 Å². The van der Waals surface area contributed by atoms with E-state index in [2.05, 4.69) is 30.0 Å². The number of amides is 1. The molecule has 1 aliphatic rings. The van der Waals surface area contributed by atoms with Gasteiger partial charge >= 0.3 is 0 Å². The first-order valence-corrected chi connectivity index (χ1v) is 8.53. The fraction of sp³-hybridized carbons (Fsp3) is 0.529. The molecule has 0 radical (unpaired) electrons. The van der Waals surface area contributed by atoms with Crippen LogP contribution in [-0.4, -0.2) is 24.2 Å². The minimum absolute atomic E-state index is 0.0945. The Balaban J connectivity index is 1.85. The van der Waals surface area contributed by atoms with Crippen molar-refractivity contribution in [3.05, 3.63) is 29.6 Å². The summed E-state index contributed by atoms with van der Waals surface area (Å²) in [5, 5.41) is 3.61. The van der Waals surface area contributed by atoms with E-state index in [1.807, 2.05) is 0 Å². The lowest BCUT2D eigenvalue weighted by Crippen LogP contribution is -2.52. The Bertz CT molecular complexity index is 611. The van der Waals surface area contributed by atoms with Gasteiger partial charge in [-0.1, -0.05) is 26.7 Å². The number of ether oxygens (including phenoxy) is 1. The lowest BCUT2D eigenvalue weighted by atomic mass is 9.78. The lowest BCUT2D eigenvalue weighted by Gasteiger charge is -2.35. The Morgan fingerprint density at radius 1 is 1.29 bits per heavy atom. The summed E-state index contributed by atoms with van der Waals surface area (Å²) in [6.07, 6.45) is 3.47. The number of carbonyl (C=O) groups is 1. The fourth-order valence-electron chi connectivity index (χ4n) is 2.98. The van der Waals surface area contributed by atoms with Crippen molar-refractivity contribution >= 4 is 23.2 Å². The van der Waals surface area contributed by atoms with Crippen LogP contribution in [-0.2, 0) is 0 Å². The molecular formula is C17H24FN3O2S. The third-order valence-electron chi connectivity index (χ3n) is 4.73. The molecule has 7 heteroatoms. The maximum absolute atomic E-state index is 13.6. The maximum Gasteiger partial charge on any atom is 0.269 e. The van der Waals surface area contributed by atoms with Crippen molar-refractivity contribution < 1.29 is 13.9 Å². The van der Waals surface area contributed by atoms with Gasteiger partial charge in [-0.15, -0.1) is 0 Å². The molecule has 0 aliphatic heterocycles. The number of methoxy groups -OCH3 is 1. The number of benzene rings is 1. The van der Waals surface area contributed by atoms with E-state index in [9.17, 15) is 9.18 Å². The molecule has 5 nitrogen and oxygen atoms in total. The van der Waals surface area contributed by atoms with Crippen LogP contribution < -0.4 is 20.9 Å². The van der Waals surface area contributed by atoms with Gasteiger partial charge in [-0.05, 0) is 48.7 Å². The van der Waals surface area contributed by atoms with Crippen LogP contribution in [0.1, 0.15) is 43.5 Å². The highest BCUT2D eigenvalue weighted by Crippen LogP contribution is 2.29. The van der Waals surface area contributed by atoms with E-state index in [1.165, 1.54) is 32.1 Å². The zero-order valence-corrected chi connectivity index (χ0v) is 15.0. The Morgan fingerprint density at radius 3 is 2.71 bits per heavy atom. The van der Waals surface area contributed by atoms with E-state index in [4.69, 9.17) is 17.0 Å². The molecule has 3 N–H and O–H groups in total. The van der Waals surface area contributed by atoms with Crippen LogP contribution >= 0.6 is 12.2 Å². The van der Waals surface area contributed by atoms with Crippen molar-refractivity contribution in [2.45, 2.75) is 39.2 Å². The number of hydrazine groups is 1. The highest BCUT2D eigenvalue weighted by molar-refractivity contribution is 7.80. The number of halogens is 1. The number of nitrogens with one attached hydrogen (secondary N) is 3. The Kier molecular flexibility index (Phi) is 6.36. The highest BCUT2D eigenvalue weighted by Gasteiger charge is 2.27. The molecule has 0 spiro atoms. The summed E-state index contributed by atoms with van der Waals surface area (Å²) in [6, 6.07) is 4.31. The van der Waals surface area contributed by atoms with Gasteiger partial charge in [0.05, 0.1) is 7.11 Å². The van der Waals surface area contributed by atoms with E-state index < -0.39 is 11.7 Å². The average molecular weight is 353 g/mol. The molecule has 1 aliphatic carbocycles. The van der Waals surface area contributed by atoms with Gasteiger partial charge in [0.15, 0.2) is 16.7 Å². The third-order valence-corrected chi connectivity index (χ3v) is 4.95. The van der Waals surface area contributed by atoms with E-state index in [1.54, 1.807) is 0 Å². The van der Waals surface area contributed by atoms with Crippen LogP contribution in [0.3, 0.4) is 0 Å². The molecule has 1 saturated carbocycles. The van der Waals surface area contributed by atoms with E-state index in [0.29, 0.717) is 23.0 Å². The van der Waals surface area contributed by atoms with Crippen LogP contribution in [0.5, 0.6) is 5.75 Å². The molecule has 0 saturated heterocycles. The highest BCUT2D eigenvalue weighted by atomic mass is 32.1. The summed E-state index contributed by atoms with van der Waals surface area (Å²) in [5.74, 6) is 0.208. The van der Waals surface area contributed by atoms with Crippen molar-refractivity contribution in [1.82, 2.24) is 16.2 Å².